The zero-order valence-electron chi connectivity index (χ0n) is 14.1. The number of nitrogens with one attached hydrogen (secondary N) is 1. The van der Waals surface area contributed by atoms with Crippen molar-refractivity contribution in [3.8, 4) is 5.75 Å². The lowest BCUT2D eigenvalue weighted by Gasteiger charge is -2.25. The Hall–Kier alpha value is -3.03. The minimum atomic E-state index is -1.58. The number of carbonyl (C=O) groups excluding carboxylic acids is 1. The Morgan fingerprint density at radius 1 is 1.32 bits per heavy atom. The number of aromatic nitrogens is 2. The van der Waals surface area contributed by atoms with E-state index in [1.54, 1.807) is 6.20 Å². The molecule has 134 valence electrons. The third-order valence-electron chi connectivity index (χ3n) is 3.46. The lowest BCUT2D eigenvalue weighted by Crippen LogP contribution is -2.55. The van der Waals surface area contributed by atoms with Crippen LogP contribution in [-0.4, -0.2) is 39.1 Å². The molecule has 0 radical (unpaired) electrons. The third-order valence-corrected chi connectivity index (χ3v) is 3.46. The zero-order valence-corrected chi connectivity index (χ0v) is 14.1. The van der Waals surface area contributed by atoms with Crippen LogP contribution in [0.1, 0.15) is 19.4 Å². The fraction of sp³-hybridized carbons (Fsp3) is 0.353. The minimum Gasteiger partial charge on any atom is -0.491 e. The highest BCUT2D eigenvalue weighted by Gasteiger charge is 2.36. The summed E-state index contributed by atoms with van der Waals surface area (Å²) < 4.78 is 11.8. The number of nitrogens with zero attached hydrogens (tertiary/aromatic N) is 2. The maximum Gasteiger partial charge on any atom is 0.408 e. The van der Waals surface area contributed by atoms with Crippen LogP contribution in [0.25, 0.3) is 0 Å². The molecule has 25 heavy (non-hydrogen) atoms. The quantitative estimate of drug-likeness (QED) is 0.758. The van der Waals surface area contributed by atoms with Crippen LogP contribution < -0.4 is 10.1 Å². The number of amides is 1. The molecule has 1 amide bonds. The van der Waals surface area contributed by atoms with Crippen molar-refractivity contribution in [1.29, 1.82) is 0 Å². The lowest BCUT2D eigenvalue weighted by molar-refractivity contribution is -0.144. The fourth-order valence-corrected chi connectivity index (χ4v) is 2.14. The third kappa shape index (κ3) is 5.23. The molecule has 0 aliphatic carbocycles. The number of aliphatic carboxylic acids is 1. The predicted octanol–water partition coefficient (Wildman–Crippen LogP) is 2.05. The Balaban J connectivity index is 1.97. The number of carboxylic acids is 1. The first-order valence-electron chi connectivity index (χ1n) is 7.80. The monoisotopic (exact) mass is 347 g/mol. The van der Waals surface area contributed by atoms with E-state index in [1.807, 2.05) is 37.3 Å². The van der Waals surface area contributed by atoms with Gasteiger partial charge in [0.1, 0.15) is 6.61 Å². The molecule has 0 fully saturated rings. The second kappa shape index (κ2) is 8.18. The summed E-state index contributed by atoms with van der Waals surface area (Å²) in [6.07, 6.45) is 2.24. The Kier molecular flexibility index (Phi) is 5.99. The summed E-state index contributed by atoms with van der Waals surface area (Å²) in [6, 6.07) is 9.12. The van der Waals surface area contributed by atoms with Crippen molar-refractivity contribution >= 4 is 12.1 Å². The number of alkyl carbamates (subject to hydrolysis) is 1. The van der Waals surface area contributed by atoms with Crippen LogP contribution in [0.2, 0.25) is 0 Å². The first-order chi connectivity index (χ1) is 11.9. The summed E-state index contributed by atoms with van der Waals surface area (Å²) >= 11 is 0. The van der Waals surface area contributed by atoms with Gasteiger partial charge in [-0.25, -0.2) is 9.59 Å². The number of hydrogen-bond acceptors (Lipinski definition) is 5. The molecular weight excluding hydrogens is 326 g/mol. The molecule has 0 bridgehead atoms. The van der Waals surface area contributed by atoms with Crippen molar-refractivity contribution in [2.75, 3.05) is 6.61 Å². The van der Waals surface area contributed by atoms with Crippen molar-refractivity contribution in [2.45, 2.75) is 32.5 Å². The van der Waals surface area contributed by atoms with E-state index in [9.17, 15) is 14.7 Å². The highest BCUT2D eigenvalue weighted by atomic mass is 16.5. The number of ether oxygens (including phenoxy) is 2. The van der Waals surface area contributed by atoms with Gasteiger partial charge in [0.25, 0.3) is 0 Å². The van der Waals surface area contributed by atoms with Crippen LogP contribution in [-0.2, 0) is 22.7 Å². The highest BCUT2D eigenvalue weighted by Crippen LogP contribution is 2.13. The topological polar surface area (TPSA) is 103 Å². The first-order valence-corrected chi connectivity index (χ1v) is 7.80. The maximum atomic E-state index is 12.0. The van der Waals surface area contributed by atoms with E-state index < -0.39 is 17.6 Å². The smallest absolute Gasteiger partial charge is 0.408 e. The Morgan fingerprint density at radius 2 is 2.04 bits per heavy atom. The zero-order chi connectivity index (χ0) is 18.3. The van der Waals surface area contributed by atoms with Crippen LogP contribution in [0, 0.1) is 0 Å². The molecule has 0 saturated heterocycles. The Morgan fingerprint density at radius 3 is 2.68 bits per heavy atom. The molecule has 1 unspecified atom stereocenters. The van der Waals surface area contributed by atoms with E-state index >= 15 is 0 Å². The standard InChI is InChI=1S/C17H21N3O5/c1-3-24-14-9-18-20(10-14)12-17(2,15(21)22)19-16(23)25-11-13-7-5-4-6-8-13/h4-10H,3,11-12H2,1-2H3,(H,19,23)(H,21,22). The van der Waals surface area contributed by atoms with Gasteiger partial charge in [-0.15, -0.1) is 0 Å². The number of hydrogen-bond donors (Lipinski definition) is 2. The molecule has 8 heteroatoms. The lowest BCUT2D eigenvalue weighted by atomic mass is 10.0. The molecule has 1 aromatic carbocycles. The SMILES string of the molecule is CCOc1cnn(CC(C)(NC(=O)OCc2ccccc2)C(=O)O)c1. The van der Waals surface area contributed by atoms with Crippen molar-refractivity contribution in [3.05, 3.63) is 48.3 Å². The summed E-state index contributed by atoms with van der Waals surface area (Å²) in [6.45, 7) is 3.69. The molecule has 1 heterocycles. The van der Waals surface area contributed by atoms with Crippen molar-refractivity contribution in [1.82, 2.24) is 15.1 Å². The normalized spacial score (nSPS) is 12.9. The summed E-state index contributed by atoms with van der Waals surface area (Å²) in [7, 11) is 0. The van der Waals surface area contributed by atoms with E-state index in [2.05, 4.69) is 10.4 Å². The fourth-order valence-electron chi connectivity index (χ4n) is 2.14. The van der Waals surface area contributed by atoms with E-state index in [1.165, 1.54) is 17.8 Å². The number of carboxylic acid groups (broad SMARTS) is 1. The number of benzene rings is 1. The van der Waals surface area contributed by atoms with Gasteiger partial charge in [0, 0.05) is 0 Å². The second-order valence-electron chi connectivity index (χ2n) is 5.63. The van der Waals surface area contributed by atoms with Gasteiger partial charge in [-0.2, -0.15) is 5.10 Å². The van der Waals surface area contributed by atoms with Gasteiger partial charge < -0.3 is 19.9 Å². The number of rotatable bonds is 8. The molecule has 0 aliphatic heterocycles. The summed E-state index contributed by atoms with van der Waals surface area (Å²) in [5.74, 6) is -0.667. The summed E-state index contributed by atoms with van der Waals surface area (Å²) in [5.41, 5.74) is -0.772. The van der Waals surface area contributed by atoms with Crippen molar-refractivity contribution in [3.63, 3.8) is 0 Å². The maximum absolute atomic E-state index is 12.0. The first kappa shape index (κ1) is 18.3. The molecule has 1 atom stereocenters. The minimum absolute atomic E-state index is 0.0542. The van der Waals surface area contributed by atoms with Crippen LogP contribution >= 0.6 is 0 Å². The summed E-state index contributed by atoms with van der Waals surface area (Å²) in [4.78, 5) is 23.6. The average molecular weight is 347 g/mol. The average Bonchev–Trinajstić information content (AvgIpc) is 3.01. The molecule has 0 spiro atoms. The Bertz CT molecular complexity index is 716. The second-order valence-corrected chi connectivity index (χ2v) is 5.63. The van der Waals surface area contributed by atoms with Gasteiger partial charge in [0.05, 0.1) is 25.5 Å². The van der Waals surface area contributed by atoms with Crippen molar-refractivity contribution in [2.24, 2.45) is 0 Å². The Labute approximate surface area is 145 Å². The van der Waals surface area contributed by atoms with Crippen molar-refractivity contribution < 1.29 is 24.2 Å². The van der Waals surface area contributed by atoms with E-state index in [0.717, 1.165) is 5.56 Å². The molecular formula is C17H21N3O5. The van der Waals surface area contributed by atoms with Gasteiger partial charge in [-0.05, 0) is 19.4 Å². The molecule has 2 rings (SSSR count). The van der Waals surface area contributed by atoms with E-state index in [4.69, 9.17) is 9.47 Å². The van der Waals surface area contributed by atoms with Gasteiger partial charge in [0.2, 0.25) is 0 Å². The number of carbonyl (C=O) groups is 2. The highest BCUT2D eigenvalue weighted by molar-refractivity contribution is 5.83. The molecule has 0 saturated carbocycles. The van der Waals surface area contributed by atoms with Crippen LogP contribution in [0.5, 0.6) is 5.75 Å². The molecule has 0 aliphatic rings. The molecule has 8 nitrogen and oxygen atoms in total. The van der Waals surface area contributed by atoms with Crippen LogP contribution in [0.4, 0.5) is 4.79 Å². The van der Waals surface area contributed by atoms with E-state index in [0.29, 0.717) is 12.4 Å². The predicted molar refractivity (Wildman–Crippen MR) is 89.2 cm³/mol. The van der Waals surface area contributed by atoms with Gasteiger partial charge in [-0.1, -0.05) is 30.3 Å². The van der Waals surface area contributed by atoms with Gasteiger partial charge >= 0.3 is 12.1 Å². The molecule has 1 aromatic heterocycles. The van der Waals surface area contributed by atoms with Crippen LogP contribution in [0.15, 0.2) is 42.7 Å². The molecule has 2 N–H and O–H groups in total. The van der Waals surface area contributed by atoms with E-state index in [-0.39, 0.29) is 13.2 Å². The van der Waals surface area contributed by atoms with Crippen LogP contribution in [0.3, 0.4) is 0 Å². The largest absolute Gasteiger partial charge is 0.491 e. The van der Waals surface area contributed by atoms with Gasteiger partial charge in [0.15, 0.2) is 11.3 Å². The summed E-state index contributed by atoms with van der Waals surface area (Å²) in [5, 5.41) is 15.9. The van der Waals surface area contributed by atoms with Gasteiger partial charge in [-0.3, -0.25) is 4.68 Å². The molecule has 2 aromatic rings.